The van der Waals surface area contributed by atoms with Crippen molar-refractivity contribution in [1.29, 1.82) is 0 Å². The first-order valence-corrected chi connectivity index (χ1v) is 8.22. The molecule has 1 aliphatic heterocycles. The van der Waals surface area contributed by atoms with E-state index in [0.29, 0.717) is 6.04 Å². The zero-order chi connectivity index (χ0) is 12.5. The number of nitrogens with two attached hydrogens (primary N) is 1. The molecule has 0 bridgehead atoms. The first-order chi connectivity index (χ1) is 8.78. The summed E-state index contributed by atoms with van der Waals surface area (Å²) >= 11 is 0. The van der Waals surface area contributed by atoms with Gasteiger partial charge in [-0.2, -0.15) is 0 Å². The number of likely N-dealkylation sites (tertiary alicyclic amines) is 1. The van der Waals surface area contributed by atoms with Crippen LogP contribution in [-0.2, 0) is 0 Å². The van der Waals surface area contributed by atoms with Gasteiger partial charge < -0.3 is 5.73 Å². The maximum atomic E-state index is 6.14. The van der Waals surface area contributed by atoms with E-state index in [1.165, 1.54) is 58.0 Å². The van der Waals surface area contributed by atoms with Crippen LogP contribution in [-0.4, -0.2) is 30.6 Å². The zero-order valence-electron chi connectivity index (χ0n) is 12.0. The molecule has 1 heterocycles. The summed E-state index contributed by atoms with van der Waals surface area (Å²) in [7, 11) is 0. The summed E-state index contributed by atoms with van der Waals surface area (Å²) in [6, 6.07) is 0.693. The van der Waals surface area contributed by atoms with Crippen LogP contribution in [0.4, 0.5) is 0 Å². The van der Waals surface area contributed by atoms with Crippen molar-refractivity contribution in [3.8, 4) is 0 Å². The molecule has 0 amide bonds. The molecule has 3 fully saturated rings. The van der Waals surface area contributed by atoms with Gasteiger partial charge in [-0.25, -0.2) is 0 Å². The maximum absolute atomic E-state index is 6.14. The van der Waals surface area contributed by atoms with Crippen LogP contribution in [0.15, 0.2) is 0 Å². The first kappa shape index (κ1) is 12.9. The number of fused-ring (bicyclic) bond motifs is 1. The van der Waals surface area contributed by atoms with Gasteiger partial charge in [-0.3, -0.25) is 4.90 Å². The Morgan fingerprint density at radius 2 is 1.72 bits per heavy atom. The van der Waals surface area contributed by atoms with Crippen LogP contribution in [0.2, 0.25) is 0 Å². The van der Waals surface area contributed by atoms with Gasteiger partial charge in [0.25, 0.3) is 0 Å². The molecule has 0 aromatic heterocycles. The molecule has 2 saturated carbocycles. The summed E-state index contributed by atoms with van der Waals surface area (Å²) in [5.74, 6) is 3.85. The molecule has 0 radical (unpaired) electrons. The largest absolute Gasteiger partial charge is 0.329 e. The molecule has 2 nitrogen and oxygen atoms in total. The van der Waals surface area contributed by atoms with Crippen molar-refractivity contribution in [2.24, 2.45) is 29.4 Å². The Labute approximate surface area is 112 Å². The predicted molar refractivity (Wildman–Crippen MR) is 76.4 cm³/mol. The Morgan fingerprint density at radius 3 is 2.33 bits per heavy atom. The van der Waals surface area contributed by atoms with E-state index in [2.05, 4.69) is 11.8 Å². The second-order valence-electron chi connectivity index (χ2n) is 7.24. The fraction of sp³-hybridized carbons (Fsp3) is 1.00. The molecule has 3 rings (SSSR count). The topological polar surface area (TPSA) is 29.3 Å². The Balaban J connectivity index is 1.62. The lowest BCUT2D eigenvalue weighted by atomic mass is 9.78. The molecule has 0 aromatic rings. The zero-order valence-corrected chi connectivity index (χ0v) is 12.0. The Morgan fingerprint density at radius 1 is 1.06 bits per heavy atom. The molecule has 0 aromatic carbocycles. The minimum Gasteiger partial charge on any atom is -0.329 e. The minimum absolute atomic E-state index is 0.693. The first-order valence-electron chi connectivity index (χ1n) is 8.22. The van der Waals surface area contributed by atoms with Gasteiger partial charge in [0.2, 0.25) is 0 Å². The molecule has 0 spiro atoms. The molecule has 3 aliphatic rings. The highest BCUT2D eigenvalue weighted by molar-refractivity contribution is 4.94. The predicted octanol–water partition coefficient (Wildman–Crippen LogP) is 2.87. The Hall–Kier alpha value is -0.0800. The van der Waals surface area contributed by atoms with Crippen LogP contribution >= 0.6 is 0 Å². The van der Waals surface area contributed by atoms with Gasteiger partial charge in [0.1, 0.15) is 0 Å². The normalized spacial score (nSPS) is 43.0. The molecule has 1 saturated heterocycles. The number of hydrogen-bond acceptors (Lipinski definition) is 2. The summed E-state index contributed by atoms with van der Waals surface area (Å²) in [5.41, 5.74) is 6.14. The fourth-order valence-electron chi connectivity index (χ4n) is 5.01. The third kappa shape index (κ3) is 2.46. The van der Waals surface area contributed by atoms with E-state index >= 15 is 0 Å². The van der Waals surface area contributed by atoms with Gasteiger partial charge in [-0.05, 0) is 49.4 Å². The summed E-state index contributed by atoms with van der Waals surface area (Å²) in [4.78, 5) is 2.78. The van der Waals surface area contributed by atoms with Crippen LogP contribution in [0.1, 0.15) is 51.9 Å². The number of nitrogens with zero attached hydrogens (tertiary/aromatic N) is 1. The molecule has 2 aliphatic carbocycles. The quantitative estimate of drug-likeness (QED) is 0.834. The van der Waals surface area contributed by atoms with Crippen molar-refractivity contribution in [1.82, 2.24) is 4.90 Å². The van der Waals surface area contributed by atoms with Gasteiger partial charge in [-0.1, -0.05) is 26.2 Å². The molecular formula is C16H30N2. The number of rotatable bonds is 3. The van der Waals surface area contributed by atoms with Gasteiger partial charge >= 0.3 is 0 Å². The summed E-state index contributed by atoms with van der Waals surface area (Å²) in [5, 5.41) is 0. The van der Waals surface area contributed by atoms with Gasteiger partial charge in [-0.15, -0.1) is 0 Å². The highest BCUT2D eigenvalue weighted by Gasteiger charge is 2.40. The van der Waals surface area contributed by atoms with E-state index in [1.54, 1.807) is 0 Å². The average Bonchev–Trinajstić information content (AvgIpc) is 2.91. The van der Waals surface area contributed by atoms with E-state index in [9.17, 15) is 0 Å². The van der Waals surface area contributed by atoms with E-state index in [-0.39, 0.29) is 0 Å². The van der Waals surface area contributed by atoms with Crippen molar-refractivity contribution in [3.63, 3.8) is 0 Å². The van der Waals surface area contributed by atoms with Crippen LogP contribution in [0, 0.1) is 23.7 Å². The smallest absolute Gasteiger partial charge is 0.0246 e. The van der Waals surface area contributed by atoms with E-state index in [4.69, 9.17) is 5.73 Å². The molecule has 5 unspecified atom stereocenters. The van der Waals surface area contributed by atoms with Gasteiger partial charge in [0, 0.05) is 25.7 Å². The van der Waals surface area contributed by atoms with Crippen LogP contribution < -0.4 is 5.73 Å². The van der Waals surface area contributed by atoms with Crippen LogP contribution in [0.25, 0.3) is 0 Å². The van der Waals surface area contributed by atoms with E-state index in [0.717, 1.165) is 30.2 Å². The van der Waals surface area contributed by atoms with Crippen LogP contribution in [0.3, 0.4) is 0 Å². The summed E-state index contributed by atoms with van der Waals surface area (Å²) in [6.45, 7) is 6.03. The molecule has 5 atom stereocenters. The second kappa shape index (κ2) is 5.50. The van der Waals surface area contributed by atoms with Gasteiger partial charge in [0.15, 0.2) is 0 Å². The molecular weight excluding hydrogens is 220 g/mol. The fourth-order valence-corrected chi connectivity index (χ4v) is 5.01. The van der Waals surface area contributed by atoms with Crippen LogP contribution in [0.5, 0.6) is 0 Å². The standard InChI is InChI=1S/C16H30N2/c1-12-4-2-5-13(8-12)16(9-17)18-10-14-6-3-7-15(14)11-18/h12-16H,2-11,17H2,1H3. The van der Waals surface area contributed by atoms with Crippen molar-refractivity contribution in [3.05, 3.63) is 0 Å². The van der Waals surface area contributed by atoms with Crippen molar-refractivity contribution >= 4 is 0 Å². The SMILES string of the molecule is CC1CCCC(C(CN)N2CC3CCCC3C2)C1. The van der Waals surface area contributed by atoms with Crippen molar-refractivity contribution in [2.75, 3.05) is 19.6 Å². The third-order valence-electron chi connectivity index (χ3n) is 5.99. The van der Waals surface area contributed by atoms with E-state index in [1.807, 2.05) is 0 Å². The lowest BCUT2D eigenvalue weighted by molar-refractivity contribution is 0.122. The van der Waals surface area contributed by atoms with E-state index < -0.39 is 0 Å². The number of hydrogen-bond donors (Lipinski definition) is 1. The monoisotopic (exact) mass is 250 g/mol. The minimum atomic E-state index is 0.693. The average molecular weight is 250 g/mol. The van der Waals surface area contributed by atoms with Crippen molar-refractivity contribution < 1.29 is 0 Å². The molecule has 2 heteroatoms. The third-order valence-corrected chi connectivity index (χ3v) is 5.99. The van der Waals surface area contributed by atoms with Crippen molar-refractivity contribution in [2.45, 2.75) is 57.9 Å². The highest BCUT2D eigenvalue weighted by Crippen LogP contribution is 2.41. The van der Waals surface area contributed by atoms with Gasteiger partial charge in [0.05, 0.1) is 0 Å². The maximum Gasteiger partial charge on any atom is 0.0246 e. The molecule has 2 N–H and O–H groups in total. The summed E-state index contributed by atoms with van der Waals surface area (Å²) in [6.07, 6.45) is 10.2. The Kier molecular flexibility index (Phi) is 3.95. The molecule has 18 heavy (non-hydrogen) atoms. The Bertz CT molecular complexity index is 266. The molecule has 104 valence electrons. The second-order valence-corrected chi connectivity index (χ2v) is 7.24. The lowest BCUT2D eigenvalue weighted by Gasteiger charge is -2.38. The summed E-state index contributed by atoms with van der Waals surface area (Å²) < 4.78 is 0. The lowest BCUT2D eigenvalue weighted by Crippen LogP contribution is -2.46. The highest BCUT2D eigenvalue weighted by atomic mass is 15.2.